The first-order valence-electron chi connectivity index (χ1n) is 7.42. The Balaban J connectivity index is 0.00000264. The maximum absolute atomic E-state index is 12.4. The van der Waals surface area contributed by atoms with Crippen LogP contribution in [0.2, 0.25) is 0 Å². The lowest BCUT2D eigenvalue weighted by Gasteiger charge is -2.27. The molecule has 8 heteroatoms. The van der Waals surface area contributed by atoms with Crippen LogP contribution >= 0.6 is 12.4 Å². The van der Waals surface area contributed by atoms with Crippen LogP contribution in [0.25, 0.3) is 0 Å². The van der Waals surface area contributed by atoms with E-state index in [0.29, 0.717) is 18.7 Å². The molecule has 0 radical (unpaired) electrons. The van der Waals surface area contributed by atoms with Crippen LogP contribution in [0.1, 0.15) is 24.2 Å². The smallest absolute Gasteiger partial charge is 0.253 e. The fourth-order valence-corrected chi connectivity index (χ4v) is 3.63. The lowest BCUT2D eigenvalue weighted by molar-refractivity contribution is 0.0735. The molecule has 1 aromatic rings. The highest BCUT2D eigenvalue weighted by molar-refractivity contribution is 7.89. The molecule has 1 heterocycles. The molecule has 1 aromatic carbocycles. The van der Waals surface area contributed by atoms with Crippen molar-refractivity contribution in [2.75, 3.05) is 33.2 Å². The Hall–Kier alpha value is -1.15. The van der Waals surface area contributed by atoms with Gasteiger partial charge in [0.05, 0.1) is 4.90 Å². The second-order valence-electron chi connectivity index (χ2n) is 5.68. The van der Waals surface area contributed by atoms with Crippen molar-refractivity contribution in [3.63, 3.8) is 0 Å². The van der Waals surface area contributed by atoms with Gasteiger partial charge in [-0.05, 0) is 38.1 Å². The normalized spacial score (nSPS) is 15.6. The summed E-state index contributed by atoms with van der Waals surface area (Å²) < 4.78 is 26.1. The monoisotopic (exact) mass is 361 g/mol. The minimum atomic E-state index is -3.51. The predicted octanol–water partition coefficient (Wildman–Crippen LogP) is 1.18. The van der Waals surface area contributed by atoms with Crippen LogP contribution in [0.3, 0.4) is 0 Å². The molecule has 0 spiro atoms. The summed E-state index contributed by atoms with van der Waals surface area (Å²) in [6, 6.07) is 6.07. The molecule has 130 valence electrons. The average molecular weight is 362 g/mol. The molecule has 2 rings (SSSR count). The minimum absolute atomic E-state index is 0. The van der Waals surface area contributed by atoms with E-state index in [1.165, 1.54) is 16.4 Å². The lowest BCUT2D eigenvalue weighted by Crippen LogP contribution is -2.46. The van der Waals surface area contributed by atoms with Crippen molar-refractivity contribution in [1.82, 2.24) is 14.5 Å². The van der Waals surface area contributed by atoms with Crippen LogP contribution in [0, 0.1) is 0 Å². The third-order valence-electron chi connectivity index (χ3n) is 3.91. The van der Waals surface area contributed by atoms with Gasteiger partial charge in [0, 0.05) is 44.8 Å². The molecule has 1 saturated heterocycles. The molecular weight excluding hydrogens is 338 g/mol. The number of piperazine rings is 1. The summed E-state index contributed by atoms with van der Waals surface area (Å²) in [6.45, 7) is 6.57. The van der Waals surface area contributed by atoms with Crippen molar-refractivity contribution in [3.05, 3.63) is 29.8 Å². The lowest BCUT2D eigenvalue weighted by atomic mass is 10.2. The summed E-state index contributed by atoms with van der Waals surface area (Å²) in [5.41, 5.74) is 0.521. The largest absolute Gasteiger partial charge is 0.336 e. The number of sulfonamides is 1. The topological polar surface area (TPSA) is 69.7 Å². The molecule has 6 nitrogen and oxygen atoms in total. The van der Waals surface area contributed by atoms with Crippen molar-refractivity contribution in [3.8, 4) is 0 Å². The van der Waals surface area contributed by atoms with E-state index in [-0.39, 0.29) is 29.3 Å². The van der Waals surface area contributed by atoms with E-state index < -0.39 is 10.0 Å². The van der Waals surface area contributed by atoms with Gasteiger partial charge in [0.15, 0.2) is 0 Å². The molecule has 1 amide bonds. The van der Waals surface area contributed by atoms with Gasteiger partial charge in [-0.1, -0.05) is 0 Å². The molecule has 1 fully saturated rings. The standard InChI is InChI=1S/C15H23N3O3S.ClH/c1-12(2)17(3)22(20,21)14-6-4-13(5-7-14)15(19)18-10-8-16-9-11-18;/h4-7,12,16H,8-11H2,1-3H3;1H. The van der Waals surface area contributed by atoms with Gasteiger partial charge in [0.2, 0.25) is 10.0 Å². The molecule has 0 aromatic heterocycles. The van der Waals surface area contributed by atoms with E-state index in [2.05, 4.69) is 5.32 Å². The van der Waals surface area contributed by atoms with Crippen LogP contribution in [-0.4, -0.2) is 62.8 Å². The van der Waals surface area contributed by atoms with Crippen LogP contribution in [0.5, 0.6) is 0 Å². The number of nitrogens with one attached hydrogen (secondary N) is 1. The molecule has 23 heavy (non-hydrogen) atoms. The highest BCUT2D eigenvalue weighted by Gasteiger charge is 2.24. The number of carbonyl (C=O) groups is 1. The quantitative estimate of drug-likeness (QED) is 0.874. The molecular formula is C15H24ClN3O3S. The first-order valence-corrected chi connectivity index (χ1v) is 8.86. The second-order valence-corrected chi connectivity index (χ2v) is 7.68. The molecule has 0 aliphatic carbocycles. The molecule has 1 aliphatic heterocycles. The Morgan fingerprint density at radius 1 is 1.17 bits per heavy atom. The molecule has 0 bridgehead atoms. The zero-order valence-corrected chi connectivity index (χ0v) is 15.3. The van der Waals surface area contributed by atoms with Crippen molar-refractivity contribution >= 4 is 28.3 Å². The number of carbonyl (C=O) groups excluding carboxylic acids is 1. The van der Waals surface area contributed by atoms with Gasteiger partial charge in [-0.2, -0.15) is 4.31 Å². The number of hydrogen-bond donors (Lipinski definition) is 1. The van der Waals surface area contributed by atoms with E-state index >= 15 is 0 Å². The van der Waals surface area contributed by atoms with Gasteiger partial charge in [0.25, 0.3) is 5.91 Å². The maximum Gasteiger partial charge on any atom is 0.253 e. The zero-order chi connectivity index (χ0) is 16.3. The number of amides is 1. The van der Waals surface area contributed by atoms with Gasteiger partial charge < -0.3 is 10.2 Å². The zero-order valence-electron chi connectivity index (χ0n) is 13.7. The third kappa shape index (κ3) is 4.44. The highest BCUT2D eigenvalue weighted by atomic mass is 35.5. The SMILES string of the molecule is CC(C)N(C)S(=O)(=O)c1ccc(C(=O)N2CCNCC2)cc1.Cl. The molecule has 0 unspecified atom stereocenters. The van der Waals surface area contributed by atoms with Gasteiger partial charge in [-0.25, -0.2) is 8.42 Å². The first kappa shape index (κ1) is 19.9. The van der Waals surface area contributed by atoms with Crippen LogP contribution in [-0.2, 0) is 10.0 Å². The molecule has 0 saturated carbocycles. The number of halogens is 1. The van der Waals surface area contributed by atoms with Crippen molar-refractivity contribution < 1.29 is 13.2 Å². The Bertz CT molecular complexity index is 626. The Kier molecular flexibility index (Phi) is 7.01. The molecule has 1 aliphatic rings. The fraction of sp³-hybridized carbons (Fsp3) is 0.533. The van der Waals surface area contributed by atoms with Gasteiger partial charge in [0.1, 0.15) is 0 Å². The average Bonchev–Trinajstić information content (AvgIpc) is 2.54. The van der Waals surface area contributed by atoms with E-state index in [1.54, 1.807) is 24.1 Å². The summed E-state index contributed by atoms with van der Waals surface area (Å²) in [6.07, 6.45) is 0. The first-order chi connectivity index (χ1) is 10.3. The third-order valence-corrected chi connectivity index (χ3v) is 5.96. The minimum Gasteiger partial charge on any atom is -0.336 e. The number of rotatable bonds is 4. The van der Waals surface area contributed by atoms with E-state index in [4.69, 9.17) is 0 Å². The van der Waals surface area contributed by atoms with E-state index in [9.17, 15) is 13.2 Å². The Labute approximate surface area is 144 Å². The Morgan fingerprint density at radius 2 is 1.70 bits per heavy atom. The van der Waals surface area contributed by atoms with E-state index in [1.807, 2.05) is 13.8 Å². The number of nitrogens with zero attached hydrogens (tertiary/aromatic N) is 2. The van der Waals surface area contributed by atoms with Crippen molar-refractivity contribution in [2.24, 2.45) is 0 Å². The second kappa shape index (κ2) is 8.10. The van der Waals surface area contributed by atoms with Crippen LogP contribution < -0.4 is 5.32 Å². The van der Waals surface area contributed by atoms with Crippen molar-refractivity contribution in [2.45, 2.75) is 24.8 Å². The highest BCUT2D eigenvalue weighted by Crippen LogP contribution is 2.18. The summed E-state index contributed by atoms with van der Waals surface area (Å²) in [5.74, 6) is -0.0531. The Morgan fingerprint density at radius 3 is 2.17 bits per heavy atom. The summed E-state index contributed by atoms with van der Waals surface area (Å²) in [7, 11) is -1.95. The van der Waals surface area contributed by atoms with Crippen molar-refractivity contribution in [1.29, 1.82) is 0 Å². The molecule has 1 N–H and O–H groups in total. The van der Waals surface area contributed by atoms with Gasteiger partial charge in [-0.15, -0.1) is 12.4 Å². The number of hydrogen-bond acceptors (Lipinski definition) is 4. The van der Waals surface area contributed by atoms with Gasteiger partial charge in [-0.3, -0.25) is 4.79 Å². The van der Waals surface area contributed by atoms with Crippen LogP contribution in [0.15, 0.2) is 29.2 Å². The summed E-state index contributed by atoms with van der Waals surface area (Å²) >= 11 is 0. The fourth-order valence-electron chi connectivity index (χ4n) is 2.26. The maximum atomic E-state index is 12.4. The van der Waals surface area contributed by atoms with Crippen LogP contribution in [0.4, 0.5) is 0 Å². The summed E-state index contributed by atoms with van der Waals surface area (Å²) in [5, 5.41) is 3.19. The van der Waals surface area contributed by atoms with Gasteiger partial charge >= 0.3 is 0 Å². The molecule has 0 atom stereocenters. The predicted molar refractivity (Wildman–Crippen MR) is 92.5 cm³/mol. The summed E-state index contributed by atoms with van der Waals surface area (Å²) in [4.78, 5) is 14.3. The van der Waals surface area contributed by atoms with E-state index in [0.717, 1.165) is 13.1 Å². The number of benzene rings is 1.